The molecule has 0 aliphatic carbocycles. The first-order valence-electron chi connectivity index (χ1n) is 8.67. The minimum absolute atomic E-state index is 0.167. The Kier molecular flexibility index (Phi) is 5.04. The van der Waals surface area contributed by atoms with Gasteiger partial charge in [0, 0.05) is 31.4 Å². The predicted octanol–water partition coefficient (Wildman–Crippen LogP) is 1.55. The number of hydrogen-bond donors (Lipinski definition) is 1. The molecule has 0 spiro atoms. The van der Waals surface area contributed by atoms with Crippen LogP contribution in [-0.4, -0.2) is 42.9 Å². The second-order valence-corrected chi connectivity index (χ2v) is 8.58. The van der Waals surface area contributed by atoms with Crippen LogP contribution in [-0.2, 0) is 23.5 Å². The van der Waals surface area contributed by atoms with E-state index in [4.69, 9.17) is 0 Å². The molecule has 26 heavy (non-hydrogen) atoms. The maximum Gasteiger partial charge on any atom is 0.251 e. The number of benzene rings is 1. The van der Waals surface area contributed by atoms with E-state index in [1.54, 1.807) is 24.3 Å². The van der Waals surface area contributed by atoms with Crippen LogP contribution in [0.3, 0.4) is 0 Å². The number of carbonyl (C=O) groups is 1. The van der Waals surface area contributed by atoms with Crippen LogP contribution in [0.2, 0.25) is 0 Å². The van der Waals surface area contributed by atoms with E-state index in [0.717, 1.165) is 23.4 Å². The van der Waals surface area contributed by atoms with Crippen molar-refractivity contribution in [3.05, 3.63) is 46.8 Å². The quantitative estimate of drug-likeness (QED) is 0.858. The van der Waals surface area contributed by atoms with E-state index in [0.29, 0.717) is 30.8 Å². The van der Waals surface area contributed by atoms with Gasteiger partial charge < -0.3 is 5.32 Å². The molecule has 1 saturated heterocycles. The van der Waals surface area contributed by atoms with Crippen LogP contribution in [0.25, 0.3) is 0 Å². The van der Waals surface area contributed by atoms with Crippen molar-refractivity contribution in [2.45, 2.75) is 26.7 Å². The van der Waals surface area contributed by atoms with Crippen LogP contribution < -0.4 is 9.62 Å². The van der Waals surface area contributed by atoms with Crippen LogP contribution in [0.1, 0.15) is 33.7 Å². The van der Waals surface area contributed by atoms with Gasteiger partial charge in [-0.05, 0) is 56.5 Å². The van der Waals surface area contributed by atoms with Gasteiger partial charge in [-0.1, -0.05) is 0 Å². The summed E-state index contributed by atoms with van der Waals surface area (Å²) in [5.41, 5.74) is 4.37. The number of sulfonamides is 1. The lowest BCUT2D eigenvalue weighted by Gasteiger charge is -2.17. The maximum absolute atomic E-state index is 12.3. The van der Waals surface area contributed by atoms with Crippen molar-refractivity contribution in [3.8, 4) is 0 Å². The summed E-state index contributed by atoms with van der Waals surface area (Å²) in [4.78, 5) is 12.3. The maximum atomic E-state index is 12.3. The molecule has 1 aromatic carbocycles. The van der Waals surface area contributed by atoms with E-state index < -0.39 is 10.0 Å². The smallest absolute Gasteiger partial charge is 0.251 e. The number of nitrogens with one attached hydrogen (secondary N) is 1. The highest BCUT2D eigenvalue weighted by atomic mass is 32.2. The lowest BCUT2D eigenvalue weighted by molar-refractivity contribution is 0.0954. The average molecular weight is 376 g/mol. The number of nitrogens with zero attached hydrogens (tertiary/aromatic N) is 3. The molecule has 1 aliphatic heterocycles. The summed E-state index contributed by atoms with van der Waals surface area (Å²) in [5, 5.41) is 7.28. The topological polar surface area (TPSA) is 84.3 Å². The van der Waals surface area contributed by atoms with Crippen molar-refractivity contribution < 1.29 is 13.2 Å². The Labute approximate surface area is 154 Å². The molecular weight excluding hydrogens is 352 g/mol. The number of aryl methyl sites for hydroxylation is 2. The molecule has 2 heterocycles. The molecule has 0 radical (unpaired) electrons. The number of rotatable bonds is 5. The highest BCUT2D eigenvalue weighted by Gasteiger charge is 2.28. The summed E-state index contributed by atoms with van der Waals surface area (Å²) in [6.07, 6.45) is 1.36. The normalized spacial score (nSPS) is 16.0. The molecule has 7 nitrogen and oxygen atoms in total. The molecule has 0 atom stereocenters. The van der Waals surface area contributed by atoms with E-state index in [1.807, 2.05) is 25.6 Å². The summed E-state index contributed by atoms with van der Waals surface area (Å²) in [6, 6.07) is 6.71. The van der Waals surface area contributed by atoms with Gasteiger partial charge in [-0.3, -0.25) is 13.8 Å². The van der Waals surface area contributed by atoms with Crippen molar-refractivity contribution in [2.24, 2.45) is 7.05 Å². The highest BCUT2D eigenvalue weighted by Crippen LogP contribution is 2.24. The Bertz CT molecular complexity index is 917. The number of carbonyl (C=O) groups excluding carboxylic acids is 1. The molecule has 1 N–H and O–H groups in total. The standard InChI is InChI=1S/C18H24N4O3S/c1-13-17(14(2)21(3)20-13)9-10-19-18(23)15-5-7-16(8-6-15)22-11-4-12-26(22,24)25/h5-8H,4,9-12H2,1-3H3,(H,19,23). The second kappa shape index (κ2) is 7.11. The monoisotopic (exact) mass is 376 g/mol. The number of anilines is 1. The summed E-state index contributed by atoms with van der Waals surface area (Å²) in [6.45, 7) is 5.00. The lowest BCUT2D eigenvalue weighted by atomic mass is 10.1. The molecule has 0 saturated carbocycles. The second-order valence-electron chi connectivity index (χ2n) is 6.57. The van der Waals surface area contributed by atoms with Crippen LogP contribution >= 0.6 is 0 Å². The zero-order valence-electron chi connectivity index (χ0n) is 15.3. The minimum Gasteiger partial charge on any atom is -0.352 e. The molecule has 140 valence electrons. The number of aromatic nitrogens is 2. The lowest BCUT2D eigenvalue weighted by Crippen LogP contribution is -2.27. The van der Waals surface area contributed by atoms with Gasteiger partial charge in [-0.25, -0.2) is 8.42 Å². The molecule has 2 aromatic rings. The Hall–Kier alpha value is -2.35. The first-order valence-corrected chi connectivity index (χ1v) is 10.3. The van der Waals surface area contributed by atoms with E-state index in [1.165, 1.54) is 4.31 Å². The third-order valence-electron chi connectivity index (χ3n) is 4.84. The van der Waals surface area contributed by atoms with Gasteiger partial charge in [0.25, 0.3) is 5.91 Å². The molecule has 1 fully saturated rings. The largest absolute Gasteiger partial charge is 0.352 e. The SMILES string of the molecule is Cc1nn(C)c(C)c1CCNC(=O)c1ccc(N2CCCS2(=O)=O)cc1. The van der Waals surface area contributed by atoms with Crippen molar-refractivity contribution >= 4 is 21.6 Å². The van der Waals surface area contributed by atoms with Crippen molar-refractivity contribution in [2.75, 3.05) is 23.1 Å². The van der Waals surface area contributed by atoms with E-state index in [2.05, 4.69) is 10.4 Å². The fraction of sp³-hybridized carbons (Fsp3) is 0.444. The van der Waals surface area contributed by atoms with Gasteiger partial charge in [0.1, 0.15) is 0 Å². The van der Waals surface area contributed by atoms with Crippen molar-refractivity contribution in [1.82, 2.24) is 15.1 Å². The van der Waals surface area contributed by atoms with Gasteiger partial charge in [-0.15, -0.1) is 0 Å². The summed E-state index contributed by atoms with van der Waals surface area (Å²) in [7, 11) is -1.29. The molecule has 0 bridgehead atoms. The van der Waals surface area contributed by atoms with E-state index in [-0.39, 0.29) is 11.7 Å². The predicted molar refractivity (Wildman–Crippen MR) is 101 cm³/mol. The highest BCUT2D eigenvalue weighted by molar-refractivity contribution is 7.93. The number of amides is 1. The fourth-order valence-corrected chi connectivity index (χ4v) is 4.86. The van der Waals surface area contributed by atoms with Crippen LogP contribution in [0.15, 0.2) is 24.3 Å². The summed E-state index contributed by atoms with van der Waals surface area (Å²) < 4.78 is 27.2. The van der Waals surface area contributed by atoms with Gasteiger partial charge in [-0.2, -0.15) is 5.10 Å². The van der Waals surface area contributed by atoms with Crippen molar-refractivity contribution in [3.63, 3.8) is 0 Å². The fourth-order valence-electron chi connectivity index (χ4n) is 3.29. The zero-order valence-corrected chi connectivity index (χ0v) is 16.1. The van der Waals surface area contributed by atoms with Gasteiger partial charge in [0.05, 0.1) is 17.1 Å². The van der Waals surface area contributed by atoms with E-state index >= 15 is 0 Å². The first-order chi connectivity index (χ1) is 12.3. The van der Waals surface area contributed by atoms with Gasteiger partial charge in [0.2, 0.25) is 10.0 Å². The Morgan fingerprint density at radius 3 is 2.46 bits per heavy atom. The van der Waals surface area contributed by atoms with Crippen LogP contribution in [0, 0.1) is 13.8 Å². The molecule has 8 heteroatoms. The van der Waals surface area contributed by atoms with Crippen molar-refractivity contribution in [1.29, 1.82) is 0 Å². The zero-order chi connectivity index (χ0) is 18.9. The van der Waals surface area contributed by atoms with Crippen LogP contribution in [0.4, 0.5) is 5.69 Å². The summed E-state index contributed by atoms with van der Waals surface area (Å²) >= 11 is 0. The van der Waals surface area contributed by atoms with E-state index in [9.17, 15) is 13.2 Å². The molecule has 3 rings (SSSR count). The molecule has 1 aromatic heterocycles. The van der Waals surface area contributed by atoms with Crippen LogP contribution in [0.5, 0.6) is 0 Å². The minimum atomic E-state index is -3.20. The Balaban J connectivity index is 1.60. The molecular formula is C18H24N4O3S. The molecule has 1 aliphatic rings. The van der Waals surface area contributed by atoms with Gasteiger partial charge >= 0.3 is 0 Å². The molecule has 1 amide bonds. The van der Waals surface area contributed by atoms with Gasteiger partial charge in [0.15, 0.2) is 0 Å². The average Bonchev–Trinajstić information content (AvgIpc) is 3.07. The number of hydrogen-bond acceptors (Lipinski definition) is 4. The molecule has 0 unspecified atom stereocenters. The first kappa shape index (κ1) is 18.4. The third-order valence-corrected chi connectivity index (χ3v) is 6.71. The Morgan fingerprint density at radius 2 is 1.92 bits per heavy atom. The summed E-state index contributed by atoms with van der Waals surface area (Å²) in [5.74, 6) is 0.0163. The Morgan fingerprint density at radius 1 is 1.23 bits per heavy atom. The third kappa shape index (κ3) is 3.60.